The Morgan fingerprint density at radius 2 is 1.79 bits per heavy atom. The number of rotatable bonds is 7. The minimum atomic E-state index is -3.75. The summed E-state index contributed by atoms with van der Waals surface area (Å²) in [6, 6.07) is 13.8. The van der Waals surface area contributed by atoms with Crippen molar-refractivity contribution in [3.63, 3.8) is 0 Å². The van der Waals surface area contributed by atoms with E-state index in [0.29, 0.717) is 6.54 Å². The summed E-state index contributed by atoms with van der Waals surface area (Å²) in [4.78, 5) is 16.5. The Labute approximate surface area is 167 Å². The first-order chi connectivity index (χ1) is 13.4. The predicted octanol–water partition coefficient (Wildman–Crippen LogP) is 3.19. The van der Waals surface area contributed by atoms with Crippen LogP contribution in [0.5, 0.6) is 5.75 Å². The highest BCUT2D eigenvalue weighted by atomic mass is 32.2. The van der Waals surface area contributed by atoms with Crippen LogP contribution in [0.15, 0.2) is 58.8 Å². The number of hydrogen-bond donors (Lipinski definition) is 2. The van der Waals surface area contributed by atoms with Crippen LogP contribution in [0.3, 0.4) is 0 Å². The fraction of sp³-hybridized carbons (Fsp3) is 0.158. The molecule has 0 aliphatic rings. The number of aryl methyl sites for hydroxylation is 1. The van der Waals surface area contributed by atoms with Crippen molar-refractivity contribution in [2.75, 3.05) is 11.8 Å². The van der Waals surface area contributed by atoms with Gasteiger partial charge in [0.1, 0.15) is 11.4 Å². The first-order valence-corrected chi connectivity index (χ1v) is 10.7. The van der Waals surface area contributed by atoms with Gasteiger partial charge in [0.15, 0.2) is 5.13 Å². The van der Waals surface area contributed by atoms with E-state index in [1.807, 2.05) is 31.2 Å². The fourth-order valence-electron chi connectivity index (χ4n) is 2.33. The van der Waals surface area contributed by atoms with Gasteiger partial charge in [-0.15, -0.1) is 11.3 Å². The second-order valence-electron chi connectivity index (χ2n) is 5.99. The topological polar surface area (TPSA) is 97.4 Å². The van der Waals surface area contributed by atoms with Crippen LogP contribution in [0.4, 0.5) is 5.13 Å². The Balaban J connectivity index is 1.62. The molecule has 0 radical (unpaired) electrons. The normalized spacial score (nSPS) is 11.1. The molecule has 0 unspecified atom stereocenters. The molecule has 0 saturated carbocycles. The molecular weight excluding hydrogens is 398 g/mol. The van der Waals surface area contributed by atoms with Crippen LogP contribution in [-0.4, -0.2) is 26.4 Å². The molecule has 1 aromatic heterocycles. The van der Waals surface area contributed by atoms with Gasteiger partial charge in [0.05, 0.1) is 12.0 Å². The monoisotopic (exact) mass is 417 g/mol. The molecule has 0 atom stereocenters. The second kappa shape index (κ2) is 8.41. The lowest BCUT2D eigenvalue weighted by molar-refractivity contribution is 0.0946. The summed E-state index contributed by atoms with van der Waals surface area (Å²) in [7, 11) is -2.16. The molecule has 0 aliphatic heterocycles. The second-order valence-corrected chi connectivity index (χ2v) is 8.53. The summed E-state index contributed by atoms with van der Waals surface area (Å²) in [5.41, 5.74) is 2.02. The van der Waals surface area contributed by atoms with E-state index in [1.54, 1.807) is 19.2 Å². The van der Waals surface area contributed by atoms with Gasteiger partial charge in [-0.3, -0.25) is 9.52 Å². The van der Waals surface area contributed by atoms with E-state index >= 15 is 0 Å². The number of methoxy groups -OCH3 is 1. The maximum atomic E-state index is 12.4. The fourth-order valence-corrected chi connectivity index (χ4v) is 4.28. The maximum Gasteiger partial charge on any atom is 0.271 e. The first-order valence-electron chi connectivity index (χ1n) is 8.33. The van der Waals surface area contributed by atoms with Crippen molar-refractivity contribution < 1.29 is 17.9 Å². The summed E-state index contributed by atoms with van der Waals surface area (Å²) in [5, 5.41) is 4.40. The van der Waals surface area contributed by atoms with Crippen LogP contribution in [0.2, 0.25) is 0 Å². The number of benzene rings is 2. The smallest absolute Gasteiger partial charge is 0.271 e. The number of amides is 1. The lowest BCUT2D eigenvalue weighted by atomic mass is 10.2. The van der Waals surface area contributed by atoms with Crippen molar-refractivity contribution in [3.8, 4) is 5.75 Å². The summed E-state index contributed by atoms with van der Waals surface area (Å²) < 4.78 is 32.3. The van der Waals surface area contributed by atoms with Gasteiger partial charge in [-0.25, -0.2) is 13.4 Å². The number of nitrogens with zero attached hydrogens (tertiary/aromatic N) is 1. The van der Waals surface area contributed by atoms with E-state index < -0.39 is 10.0 Å². The number of anilines is 1. The van der Waals surface area contributed by atoms with Crippen LogP contribution in [-0.2, 0) is 16.6 Å². The van der Waals surface area contributed by atoms with Gasteiger partial charge in [-0.05, 0) is 36.8 Å². The van der Waals surface area contributed by atoms with E-state index in [4.69, 9.17) is 4.74 Å². The van der Waals surface area contributed by atoms with Crippen LogP contribution in [0.1, 0.15) is 21.6 Å². The van der Waals surface area contributed by atoms with Crippen molar-refractivity contribution in [1.82, 2.24) is 10.3 Å². The quantitative estimate of drug-likeness (QED) is 0.615. The minimum Gasteiger partial charge on any atom is -0.497 e. The van der Waals surface area contributed by atoms with Gasteiger partial charge >= 0.3 is 0 Å². The molecule has 3 aromatic rings. The van der Waals surface area contributed by atoms with Gasteiger partial charge in [0, 0.05) is 11.9 Å². The Kier molecular flexibility index (Phi) is 5.96. The Morgan fingerprint density at radius 3 is 2.43 bits per heavy atom. The van der Waals surface area contributed by atoms with Crippen LogP contribution < -0.4 is 14.8 Å². The average molecular weight is 418 g/mol. The molecule has 1 amide bonds. The zero-order chi connectivity index (χ0) is 20.1. The van der Waals surface area contributed by atoms with E-state index in [9.17, 15) is 13.2 Å². The molecule has 0 bridgehead atoms. The number of carbonyl (C=O) groups excluding carboxylic acids is 1. The van der Waals surface area contributed by atoms with Gasteiger partial charge in [-0.2, -0.15) is 0 Å². The number of hydrogen-bond acceptors (Lipinski definition) is 6. The Morgan fingerprint density at radius 1 is 1.11 bits per heavy atom. The zero-order valence-corrected chi connectivity index (χ0v) is 16.9. The third-order valence-corrected chi connectivity index (χ3v) is 6.14. The molecule has 0 fully saturated rings. The summed E-state index contributed by atoms with van der Waals surface area (Å²) in [6.07, 6.45) is 0. The lowest BCUT2D eigenvalue weighted by Crippen LogP contribution is -2.23. The van der Waals surface area contributed by atoms with Crippen molar-refractivity contribution in [3.05, 3.63) is 70.7 Å². The van der Waals surface area contributed by atoms with Crippen molar-refractivity contribution in [2.24, 2.45) is 0 Å². The number of ether oxygens (including phenoxy) is 1. The van der Waals surface area contributed by atoms with Gasteiger partial charge in [0.2, 0.25) is 0 Å². The standard InChI is InChI=1S/C19H19N3O4S2/c1-13-3-9-16(10-4-13)28(24,25)22-19-21-17(12-27-19)18(23)20-11-14-5-7-15(26-2)8-6-14/h3-10,12H,11H2,1-2H3,(H,20,23)(H,21,22). The largest absolute Gasteiger partial charge is 0.497 e. The summed E-state index contributed by atoms with van der Waals surface area (Å²) in [6.45, 7) is 2.20. The molecular formula is C19H19N3O4S2. The van der Waals surface area contributed by atoms with Crippen molar-refractivity contribution in [2.45, 2.75) is 18.4 Å². The maximum absolute atomic E-state index is 12.4. The third kappa shape index (κ3) is 4.87. The van der Waals surface area contributed by atoms with Crippen molar-refractivity contribution in [1.29, 1.82) is 0 Å². The average Bonchev–Trinajstić information content (AvgIpc) is 3.14. The van der Waals surface area contributed by atoms with Crippen molar-refractivity contribution >= 4 is 32.4 Å². The molecule has 0 aliphatic carbocycles. The summed E-state index contributed by atoms with van der Waals surface area (Å²) >= 11 is 1.05. The molecule has 2 aromatic carbocycles. The highest BCUT2D eigenvalue weighted by Gasteiger charge is 2.17. The Hall–Kier alpha value is -2.91. The van der Waals surface area contributed by atoms with Gasteiger partial charge < -0.3 is 10.1 Å². The highest BCUT2D eigenvalue weighted by molar-refractivity contribution is 7.93. The van der Waals surface area contributed by atoms with E-state index in [1.165, 1.54) is 17.5 Å². The molecule has 146 valence electrons. The molecule has 3 rings (SSSR count). The molecule has 9 heteroatoms. The lowest BCUT2D eigenvalue weighted by Gasteiger charge is -2.06. The van der Waals surface area contributed by atoms with Crippen LogP contribution >= 0.6 is 11.3 Å². The number of aromatic nitrogens is 1. The first kappa shape index (κ1) is 19.8. The highest BCUT2D eigenvalue weighted by Crippen LogP contribution is 2.20. The SMILES string of the molecule is COc1ccc(CNC(=O)c2csc(NS(=O)(=O)c3ccc(C)cc3)n2)cc1. The van der Waals surface area contributed by atoms with Crippen LogP contribution in [0.25, 0.3) is 0 Å². The number of carbonyl (C=O) groups is 1. The van der Waals surface area contributed by atoms with Crippen LogP contribution in [0, 0.1) is 6.92 Å². The van der Waals surface area contributed by atoms with E-state index in [2.05, 4.69) is 15.0 Å². The predicted molar refractivity (Wildman–Crippen MR) is 108 cm³/mol. The minimum absolute atomic E-state index is 0.134. The van der Waals surface area contributed by atoms with Gasteiger partial charge in [-0.1, -0.05) is 29.8 Å². The molecule has 1 heterocycles. The zero-order valence-electron chi connectivity index (χ0n) is 15.3. The molecule has 2 N–H and O–H groups in total. The third-order valence-electron chi connectivity index (χ3n) is 3.90. The number of thiazole rings is 1. The summed E-state index contributed by atoms with van der Waals surface area (Å²) in [5.74, 6) is 0.355. The number of sulfonamides is 1. The van der Waals surface area contributed by atoms with E-state index in [-0.39, 0.29) is 21.6 Å². The molecule has 0 saturated heterocycles. The Bertz CT molecular complexity index is 1060. The molecule has 0 spiro atoms. The number of nitrogens with one attached hydrogen (secondary N) is 2. The molecule has 7 nitrogen and oxygen atoms in total. The van der Waals surface area contributed by atoms with E-state index in [0.717, 1.165) is 28.2 Å². The van der Waals surface area contributed by atoms with Gasteiger partial charge in [0.25, 0.3) is 15.9 Å². The molecule has 28 heavy (non-hydrogen) atoms.